The summed E-state index contributed by atoms with van der Waals surface area (Å²) < 4.78 is 5.62. The Labute approximate surface area is 107 Å². The third-order valence-electron chi connectivity index (χ3n) is 2.82. The van der Waals surface area contributed by atoms with Crippen LogP contribution in [0.3, 0.4) is 0 Å². The topological polar surface area (TPSA) is 55.5 Å². The van der Waals surface area contributed by atoms with Gasteiger partial charge in [0.1, 0.15) is 0 Å². The minimum Gasteiger partial charge on any atom is -0.415 e. The lowest BCUT2D eigenvalue weighted by molar-refractivity contribution is -0.673. The summed E-state index contributed by atoms with van der Waals surface area (Å²) in [5.41, 5.74) is 0.974. The first kappa shape index (κ1) is 12.8. The van der Waals surface area contributed by atoms with Crippen molar-refractivity contribution in [1.82, 2.24) is 10.2 Å². The average Bonchev–Trinajstić information content (AvgIpc) is 2.88. The number of nitrogens with two attached hydrogens (primary N) is 1. The van der Waals surface area contributed by atoms with Gasteiger partial charge in [-0.05, 0) is 25.0 Å². The summed E-state index contributed by atoms with van der Waals surface area (Å²) in [6, 6.07) is 9.86. The molecule has 0 fully saturated rings. The summed E-state index contributed by atoms with van der Waals surface area (Å²) in [4.78, 5) is 0. The van der Waals surface area contributed by atoms with Gasteiger partial charge in [0.2, 0.25) is 5.89 Å². The predicted molar refractivity (Wildman–Crippen MR) is 69.8 cm³/mol. The highest BCUT2D eigenvalue weighted by Crippen LogP contribution is 2.16. The fourth-order valence-corrected chi connectivity index (χ4v) is 1.80. The highest BCUT2D eigenvalue weighted by Gasteiger charge is 2.08. The molecule has 0 aliphatic carbocycles. The summed E-state index contributed by atoms with van der Waals surface area (Å²) in [7, 11) is 0. The molecule has 1 heterocycles. The molecule has 0 aliphatic rings. The lowest BCUT2D eigenvalue weighted by atomic mass is 10.2. The summed E-state index contributed by atoms with van der Waals surface area (Å²) in [6.45, 7) is 4.10. The van der Waals surface area contributed by atoms with Crippen molar-refractivity contribution >= 4 is 0 Å². The first-order chi connectivity index (χ1) is 8.90. The zero-order chi connectivity index (χ0) is 12.6. The van der Waals surface area contributed by atoms with Gasteiger partial charge in [0, 0.05) is 5.56 Å². The Hall–Kier alpha value is -1.68. The number of unbranched alkanes of at least 4 members (excludes halogenated alkanes) is 2. The molecule has 4 heteroatoms. The van der Waals surface area contributed by atoms with Crippen molar-refractivity contribution in [1.29, 1.82) is 0 Å². The van der Waals surface area contributed by atoms with E-state index in [1.54, 1.807) is 0 Å². The molecule has 2 N–H and O–H groups in total. The van der Waals surface area contributed by atoms with Gasteiger partial charge in [-0.2, -0.15) is 0 Å². The second-order valence-corrected chi connectivity index (χ2v) is 4.36. The van der Waals surface area contributed by atoms with Gasteiger partial charge in [-0.3, -0.25) is 0 Å². The van der Waals surface area contributed by atoms with E-state index in [1.165, 1.54) is 19.3 Å². The minimum absolute atomic E-state index is 0.604. The van der Waals surface area contributed by atoms with Crippen LogP contribution in [0.2, 0.25) is 0 Å². The van der Waals surface area contributed by atoms with E-state index in [1.807, 2.05) is 30.3 Å². The van der Waals surface area contributed by atoms with E-state index in [0.29, 0.717) is 11.8 Å². The molecule has 1 aromatic heterocycles. The largest absolute Gasteiger partial charge is 0.415 e. The summed E-state index contributed by atoms with van der Waals surface area (Å²) in [5, 5.41) is 10.3. The predicted octanol–water partition coefficient (Wildman–Crippen LogP) is 1.99. The van der Waals surface area contributed by atoms with Gasteiger partial charge in [0.05, 0.1) is 6.54 Å². The molecule has 0 saturated carbocycles. The number of hydrogen-bond donors (Lipinski definition) is 1. The van der Waals surface area contributed by atoms with Crippen LogP contribution in [0, 0.1) is 0 Å². The Morgan fingerprint density at radius 1 is 1.11 bits per heavy atom. The quantitative estimate of drug-likeness (QED) is 0.760. The lowest BCUT2D eigenvalue weighted by Crippen LogP contribution is -2.82. The molecule has 0 saturated heterocycles. The van der Waals surface area contributed by atoms with Crippen molar-refractivity contribution in [3.8, 4) is 11.5 Å². The fraction of sp³-hybridized carbons (Fsp3) is 0.429. The van der Waals surface area contributed by atoms with Crippen LogP contribution in [0.25, 0.3) is 11.5 Å². The average molecular weight is 246 g/mol. The fourth-order valence-electron chi connectivity index (χ4n) is 1.80. The summed E-state index contributed by atoms with van der Waals surface area (Å²) in [6.07, 6.45) is 3.79. The second-order valence-electron chi connectivity index (χ2n) is 4.36. The Balaban J connectivity index is 1.83. The number of nitrogens with zero attached hydrogens (tertiary/aromatic N) is 2. The van der Waals surface area contributed by atoms with Crippen LogP contribution < -0.4 is 5.32 Å². The first-order valence-electron chi connectivity index (χ1n) is 6.59. The number of hydrogen-bond acceptors (Lipinski definition) is 3. The van der Waals surface area contributed by atoms with Crippen molar-refractivity contribution in [2.75, 3.05) is 6.54 Å². The first-order valence-corrected chi connectivity index (χ1v) is 6.59. The standard InChI is InChI=1S/C14H19N3O/c1-2-3-7-10-15-11-13-16-17-14(18-13)12-8-5-4-6-9-12/h4-6,8-9,15H,2-3,7,10-11H2,1H3/p+1. The molecule has 2 aromatic rings. The second kappa shape index (κ2) is 6.91. The van der Waals surface area contributed by atoms with Gasteiger partial charge in [-0.25, -0.2) is 0 Å². The zero-order valence-corrected chi connectivity index (χ0v) is 10.8. The Bertz CT molecular complexity index is 453. The summed E-state index contributed by atoms with van der Waals surface area (Å²) in [5.74, 6) is 1.30. The molecule has 0 bridgehead atoms. The molecule has 0 spiro atoms. The molecule has 96 valence electrons. The molecule has 0 atom stereocenters. The van der Waals surface area contributed by atoms with Crippen molar-refractivity contribution in [2.45, 2.75) is 32.7 Å². The normalized spacial score (nSPS) is 10.7. The highest BCUT2D eigenvalue weighted by atomic mass is 16.4. The SMILES string of the molecule is CCCCC[NH2+]Cc1nnc(-c2ccccc2)o1. The molecule has 1 aromatic carbocycles. The van der Waals surface area contributed by atoms with Crippen LogP contribution in [0.5, 0.6) is 0 Å². The molecular formula is C14H20N3O+. The van der Waals surface area contributed by atoms with Crippen molar-refractivity contribution in [3.05, 3.63) is 36.2 Å². The van der Waals surface area contributed by atoms with Crippen LogP contribution in [0.1, 0.15) is 32.1 Å². The number of benzene rings is 1. The molecule has 4 nitrogen and oxygen atoms in total. The van der Waals surface area contributed by atoms with Crippen molar-refractivity contribution < 1.29 is 9.73 Å². The van der Waals surface area contributed by atoms with Crippen molar-refractivity contribution in [2.24, 2.45) is 0 Å². The van der Waals surface area contributed by atoms with Gasteiger partial charge < -0.3 is 9.73 Å². The number of quaternary nitrogens is 1. The highest BCUT2D eigenvalue weighted by molar-refractivity contribution is 5.51. The third-order valence-corrected chi connectivity index (χ3v) is 2.82. The van der Waals surface area contributed by atoms with Crippen LogP contribution in [0.15, 0.2) is 34.7 Å². The van der Waals surface area contributed by atoms with Gasteiger partial charge >= 0.3 is 0 Å². The van der Waals surface area contributed by atoms with E-state index < -0.39 is 0 Å². The Morgan fingerprint density at radius 3 is 2.72 bits per heavy atom. The molecule has 0 amide bonds. The maximum atomic E-state index is 5.62. The monoisotopic (exact) mass is 246 g/mol. The van der Waals surface area contributed by atoms with Crippen molar-refractivity contribution in [3.63, 3.8) is 0 Å². The van der Waals surface area contributed by atoms with E-state index in [9.17, 15) is 0 Å². The van der Waals surface area contributed by atoms with Gasteiger partial charge in [-0.15, -0.1) is 10.2 Å². The number of rotatable bonds is 7. The van der Waals surface area contributed by atoms with E-state index in [4.69, 9.17) is 4.42 Å². The number of aromatic nitrogens is 2. The van der Waals surface area contributed by atoms with Crippen LogP contribution in [-0.4, -0.2) is 16.7 Å². The lowest BCUT2D eigenvalue weighted by Gasteiger charge is -1.97. The van der Waals surface area contributed by atoms with Crippen LogP contribution >= 0.6 is 0 Å². The smallest absolute Gasteiger partial charge is 0.271 e. The molecule has 0 radical (unpaired) electrons. The van der Waals surface area contributed by atoms with Gasteiger partial charge in [0.25, 0.3) is 5.89 Å². The molecule has 0 aliphatic heterocycles. The maximum absolute atomic E-state index is 5.62. The van der Waals surface area contributed by atoms with Gasteiger partial charge in [0.15, 0.2) is 6.54 Å². The van der Waals surface area contributed by atoms with E-state index in [0.717, 1.165) is 18.7 Å². The zero-order valence-electron chi connectivity index (χ0n) is 10.8. The molecule has 18 heavy (non-hydrogen) atoms. The van der Waals surface area contributed by atoms with Gasteiger partial charge in [-0.1, -0.05) is 31.5 Å². The molecular weight excluding hydrogens is 226 g/mol. The molecule has 0 unspecified atom stereocenters. The van der Waals surface area contributed by atoms with E-state index in [-0.39, 0.29) is 0 Å². The van der Waals surface area contributed by atoms with E-state index >= 15 is 0 Å². The van der Waals surface area contributed by atoms with E-state index in [2.05, 4.69) is 22.4 Å². The third kappa shape index (κ3) is 3.67. The maximum Gasteiger partial charge on any atom is 0.271 e. The summed E-state index contributed by atoms with van der Waals surface area (Å²) >= 11 is 0. The Kier molecular flexibility index (Phi) is 4.90. The van der Waals surface area contributed by atoms with Crippen LogP contribution in [-0.2, 0) is 6.54 Å². The Morgan fingerprint density at radius 2 is 1.94 bits per heavy atom. The minimum atomic E-state index is 0.604. The molecule has 2 rings (SSSR count). The van der Waals surface area contributed by atoms with Crippen LogP contribution in [0.4, 0.5) is 0 Å².